The molecule has 18 heavy (non-hydrogen) atoms. The van der Waals surface area contributed by atoms with E-state index in [1.807, 2.05) is 12.4 Å². The second-order valence-corrected chi connectivity index (χ2v) is 5.90. The molecule has 98 valence electrons. The summed E-state index contributed by atoms with van der Waals surface area (Å²) in [5.41, 5.74) is 0. The molecule has 2 rings (SSSR count). The van der Waals surface area contributed by atoms with Crippen molar-refractivity contribution in [2.24, 2.45) is 5.92 Å². The van der Waals surface area contributed by atoms with Crippen molar-refractivity contribution in [3.63, 3.8) is 0 Å². The number of nitrogens with one attached hydrogen (secondary N) is 1. The summed E-state index contributed by atoms with van der Waals surface area (Å²) in [6, 6.07) is 4.64. The fraction of sp³-hybridized carbons (Fsp3) is 0.500. The lowest BCUT2D eigenvalue weighted by atomic mass is 10.2. The number of hydrogen-bond donors (Lipinski definition) is 1. The van der Waals surface area contributed by atoms with Crippen LogP contribution in [0.4, 0.5) is 5.95 Å². The zero-order valence-electron chi connectivity index (χ0n) is 11.3. The molecule has 4 heteroatoms. The molecule has 2 aromatic rings. The predicted molar refractivity (Wildman–Crippen MR) is 78.0 cm³/mol. The topological polar surface area (TPSA) is 29.9 Å². The summed E-state index contributed by atoms with van der Waals surface area (Å²) >= 11 is 1.80. The molecule has 2 heterocycles. The van der Waals surface area contributed by atoms with Gasteiger partial charge in [-0.2, -0.15) is 0 Å². The quantitative estimate of drug-likeness (QED) is 0.848. The minimum Gasteiger partial charge on any atom is -0.348 e. The number of hydrogen-bond acceptors (Lipinski definition) is 3. The largest absolute Gasteiger partial charge is 0.348 e. The van der Waals surface area contributed by atoms with Crippen molar-refractivity contribution in [1.29, 1.82) is 0 Å². The number of nitrogens with zero attached hydrogens (tertiary/aromatic N) is 2. The molecule has 1 atom stereocenters. The lowest BCUT2D eigenvalue weighted by Crippen LogP contribution is -2.14. The van der Waals surface area contributed by atoms with Crippen molar-refractivity contribution in [3.8, 4) is 0 Å². The second-order valence-electron chi connectivity index (χ2n) is 4.92. The second kappa shape index (κ2) is 6.05. The van der Waals surface area contributed by atoms with Gasteiger partial charge in [-0.25, -0.2) is 4.98 Å². The van der Waals surface area contributed by atoms with E-state index in [1.54, 1.807) is 11.3 Å². The predicted octanol–water partition coefficient (Wildman–Crippen LogP) is 4.16. The number of imidazole rings is 1. The zero-order valence-corrected chi connectivity index (χ0v) is 12.1. The standard InChI is InChI=1S/C14H21N3S/c1-4-12(13-6-5-9-18-13)16-14-15-7-8-17(14)10-11(2)3/h5-9,11-12H,4,10H2,1-3H3,(H,15,16). The van der Waals surface area contributed by atoms with Crippen LogP contribution < -0.4 is 5.32 Å². The van der Waals surface area contributed by atoms with Crippen molar-refractivity contribution >= 4 is 17.3 Å². The monoisotopic (exact) mass is 263 g/mol. The number of anilines is 1. The van der Waals surface area contributed by atoms with Crippen LogP contribution in [0.3, 0.4) is 0 Å². The van der Waals surface area contributed by atoms with Gasteiger partial charge in [-0.3, -0.25) is 0 Å². The fourth-order valence-electron chi connectivity index (χ4n) is 2.01. The Labute approximate surface area is 113 Å². The van der Waals surface area contributed by atoms with Crippen LogP contribution in [0.25, 0.3) is 0 Å². The van der Waals surface area contributed by atoms with E-state index in [0.717, 1.165) is 18.9 Å². The van der Waals surface area contributed by atoms with E-state index in [0.29, 0.717) is 12.0 Å². The summed E-state index contributed by atoms with van der Waals surface area (Å²) in [7, 11) is 0. The molecule has 0 spiro atoms. The van der Waals surface area contributed by atoms with Gasteiger partial charge in [0.15, 0.2) is 0 Å². The minimum absolute atomic E-state index is 0.360. The summed E-state index contributed by atoms with van der Waals surface area (Å²) in [6.07, 6.45) is 4.98. The Morgan fingerprint density at radius 2 is 2.28 bits per heavy atom. The molecule has 0 radical (unpaired) electrons. The molecule has 1 N–H and O–H groups in total. The van der Waals surface area contributed by atoms with E-state index < -0.39 is 0 Å². The van der Waals surface area contributed by atoms with Gasteiger partial charge in [0, 0.05) is 23.8 Å². The Morgan fingerprint density at radius 3 is 2.89 bits per heavy atom. The molecule has 0 aliphatic heterocycles. The normalized spacial score (nSPS) is 12.9. The summed E-state index contributed by atoms with van der Waals surface area (Å²) in [4.78, 5) is 5.80. The lowest BCUT2D eigenvalue weighted by Gasteiger charge is -2.18. The third-order valence-corrected chi connectivity index (χ3v) is 3.86. The molecular formula is C14H21N3S. The first kappa shape index (κ1) is 13.1. The highest BCUT2D eigenvalue weighted by molar-refractivity contribution is 7.10. The first-order valence-corrected chi connectivity index (χ1v) is 7.39. The van der Waals surface area contributed by atoms with Crippen molar-refractivity contribution < 1.29 is 0 Å². The van der Waals surface area contributed by atoms with Crippen LogP contribution in [0.15, 0.2) is 29.9 Å². The first-order valence-electron chi connectivity index (χ1n) is 6.51. The third kappa shape index (κ3) is 3.13. The molecule has 2 aromatic heterocycles. The van der Waals surface area contributed by atoms with Crippen LogP contribution in [-0.2, 0) is 6.54 Å². The Bertz CT molecular complexity index is 459. The van der Waals surface area contributed by atoms with Gasteiger partial charge in [-0.15, -0.1) is 11.3 Å². The zero-order chi connectivity index (χ0) is 13.0. The molecule has 0 saturated carbocycles. The van der Waals surface area contributed by atoms with Crippen molar-refractivity contribution in [3.05, 3.63) is 34.8 Å². The van der Waals surface area contributed by atoms with Gasteiger partial charge in [-0.1, -0.05) is 26.8 Å². The van der Waals surface area contributed by atoms with Gasteiger partial charge < -0.3 is 9.88 Å². The molecular weight excluding hydrogens is 242 g/mol. The summed E-state index contributed by atoms with van der Waals surface area (Å²) < 4.78 is 2.20. The number of rotatable bonds is 6. The van der Waals surface area contributed by atoms with Crippen LogP contribution >= 0.6 is 11.3 Å². The molecule has 0 fully saturated rings. The molecule has 0 aliphatic carbocycles. The lowest BCUT2D eigenvalue weighted by molar-refractivity contribution is 0.523. The minimum atomic E-state index is 0.360. The summed E-state index contributed by atoms with van der Waals surface area (Å²) in [5.74, 6) is 1.60. The fourth-order valence-corrected chi connectivity index (χ4v) is 2.87. The molecule has 3 nitrogen and oxygen atoms in total. The van der Waals surface area contributed by atoms with Crippen LogP contribution in [0, 0.1) is 5.92 Å². The van der Waals surface area contributed by atoms with Crippen molar-refractivity contribution in [2.75, 3.05) is 5.32 Å². The van der Waals surface area contributed by atoms with Crippen molar-refractivity contribution in [1.82, 2.24) is 9.55 Å². The molecule has 0 amide bonds. The van der Waals surface area contributed by atoms with E-state index in [9.17, 15) is 0 Å². The third-order valence-electron chi connectivity index (χ3n) is 2.88. The smallest absolute Gasteiger partial charge is 0.203 e. The van der Waals surface area contributed by atoms with Crippen LogP contribution in [-0.4, -0.2) is 9.55 Å². The highest BCUT2D eigenvalue weighted by Gasteiger charge is 2.13. The van der Waals surface area contributed by atoms with Gasteiger partial charge in [-0.05, 0) is 23.8 Å². The van der Waals surface area contributed by atoms with E-state index in [2.05, 4.69) is 53.2 Å². The highest BCUT2D eigenvalue weighted by atomic mass is 32.1. The Morgan fingerprint density at radius 1 is 1.44 bits per heavy atom. The van der Waals surface area contributed by atoms with Gasteiger partial charge >= 0.3 is 0 Å². The summed E-state index contributed by atoms with van der Waals surface area (Å²) in [6.45, 7) is 7.65. The van der Waals surface area contributed by atoms with Gasteiger partial charge in [0.1, 0.15) is 0 Å². The van der Waals surface area contributed by atoms with Crippen LogP contribution in [0.5, 0.6) is 0 Å². The van der Waals surface area contributed by atoms with E-state index >= 15 is 0 Å². The van der Waals surface area contributed by atoms with E-state index in [1.165, 1.54) is 4.88 Å². The van der Waals surface area contributed by atoms with E-state index in [-0.39, 0.29) is 0 Å². The average molecular weight is 263 g/mol. The maximum Gasteiger partial charge on any atom is 0.203 e. The highest BCUT2D eigenvalue weighted by Crippen LogP contribution is 2.25. The number of thiophene rings is 1. The SMILES string of the molecule is CCC(Nc1nccn1CC(C)C)c1cccs1. The van der Waals surface area contributed by atoms with Gasteiger partial charge in [0.2, 0.25) is 5.95 Å². The Kier molecular flexibility index (Phi) is 4.42. The van der Waals surface area contributed by atoms with Crippen LogP contribution in [0.1, 0.15) is 38.1 Å². The number of aromatic nitrogens is 2. The van der Waals surface area contributed by atoms with E-state index in [4.69, 9.17) is 0 Å². The van der Waals surface area contributed by atoms with Gasteiger partial charge in [0.05, 0.1) is 6.04 Å². The average Bonchev–Trinajstić information content (AvgIpc) is 2.96. The van der Waals surface area contributed by atoms with Crippen LogP contribution in [0.2, 0.25) is 0 Å². The Balaban J connectivity index is 2.10. The first-order chi connectivity index (χ1) is 8.70. The molecule has 0 aliphatic rings. The van der Waals surface area contributed by atoms with Crippen molar-refractivity contribution in [2.45, 2.75) is 39.8 Å². The Hall–Kier alpha value is -1.29. The molecule has 1 unspecified atom stereocenters. The maximum absolute atomic E-state index is 4.42. The molecule has 0 aromatic carbocycles. The maximum atomic E-state index is 4.42. The molecule has 0 saturated heterocycles. The van der Waals surface area contributed by atoms with Gasteiger partial charge in [0.25, 0.3) is 0 Å². The molecule has 0 bridgehead atoms. The summed E-state index contributed by atoms with van der Waals surface area (Å²) in [5, 5.41) is 5.67.